The Morgan fingerprint density at radius 3 is 2.53 bits per heavy atom. The third kappa shape index (κ3) is 2.37. The van der Waals surface area contributed by atoms with Gasteiger partial charge in [0.25, 0.3) is 0 Å². The lowest BCUT2D eigenvalue weighted by atomic mass is 9.89. The van der Waals surface area contributed by atoms with Crippen LogP contribution in [0.1, 0.15) is 11.3 Å². The molecule has 0 spiro atoms. The molecule has 5 nitrogen and oxygen atoms in total. The number of carbonyl (C=O) groups is 1. The van der Waals surface area contributed by atoms with Gasteiger partial charge in [0, 0.05) is 11.9 Å². The maximum atomic E-state index is 12.0. The summed E-state index contributed by atoms with van der Waals surface area (Å²) in [6.07, 6.45) is 1.71. The van der Waals surface area contributed by atoms with Crippen molar-refractivity contribution >= 4 is 5.91 Å². The largest absolute Gasteiger partial charge is 0.368 e. The Bertz CT molecular complexity index is 564. The molecule has 1 aromatic heterocycles. The van der Waals surface area contributed by atoms with Gasteiger partial charge in [0.05, 0.1) is 6.54 Å². The molecule has 0 aliphatic carbocycles. The number of likely N-dealkylation sites (N-methyl/N-ethyl adjacent to an activating group) is 1. The first-order valence-electron chi connectivity index (χ1n) is 6.13. The van der Waals surface area contributed by atoms with Crippen molar-refractivity contribution in [3.8, 4) is 0 Å². The molecule has 0 saturated carbocycles. The molecule has 100 valence electrons. The SMILES string of the molecule is CNC(Cn1nccc1C)(C(N)=O)c1ccccc1. The molecular formula is C14H18N4O. The van der Waals surface area contributed by atoms with E-state index in [0.717, 1.165) is 11.3 Å². The molecular weight excluding hydrogens is 240 g/mol. The molecule has 0 saturated heterocycles. The Hall–Kier alpha value is -2.14. The third-order valence-electron chi connectivity index (χ3n) is 3.43. The number of nitrogens with one attached hydrogen (secondary N) is 1. The number of nitrogens with zero attached hydrogens (tertiary/aromatic N) is 2. The van der Waals surface area contributed by atoms with Crippen molar-refractivity contribution in [2.24, 2.45) is 5.73 Å². The van der Waals surface area contributed by atoms with E-state index < -0.39 is 11.4 Å². The van der Waals surface area contributed by atoms with Crippen LogP contribution in [0.3, 0.4) is 0 Å². The molecule has 1 amide bonds. The van der Waals surface area contributed by atoms with Crippen molar-refractivity contribution in [1.82, 2.24) is 15.1 Å². The van der Waals surface area contributed by atoms with E-state index in [1.165, 1.54) is 0 Å². The van der Waals surface area contributed by atoms with Crippen LogP contribution in [0.15, 0.2) is 42.6 Å². The first-order valence-corrected chi connectivity index (χ1v) is 6.13. The summed E-state index contributed by atoms with van der Waals surface area (Å²) in [5, 5.41) is 7.29. The Balaban J connectivity index is 2.47. The zero-order valence-corrected chi connectivity index (χ0v) is 11.1. The number of nitrogens with two attached hydrogens (primary N) is 1. The highest BCUT2D eigenvalue weighted by Crippen LogP contribution is 2.23. The van der Waals surface area contributed by atoms with Gasteiger partial charge in [-0.1, -0.05) is 30.3 Å². The van der Waals surface area contributed by atoms with E-state index in [1.54, 1.807) is 17.9 Å². The molecule has 0 fully saturated rings. The molecule has 5 heteroatoms. The summed E-state index contributed by atoms with van der Waals surface area (Å²) in [4.78, 5) is 12.0. The molecule has 1 heterocycles. The van der Waals surface area contributed by atoms with E-state index in [4.69, 9.17) is 5.73 Å². The van der Waals surface area contributed by atoms with Crippen LogP contribution in [-0.4, -0.2) is 22.7 Å². The Labute approximate surface area is 112 Å². The molecule has 0 bridgehead atoms. The Kier molecular flexibility index (Phi) is 3.66. The van der Waals surface area contributed by atoms with Gasteiger partial charge in [-0.2, -0.15) is 5.10 Å². The topological polar surface area (TPSA) is 72.9 Å². The summed E-state index contributed by atoms with van der Waals surface area (Å²) in [6, 6.07) is 11.4. The van der Waals surface area contributed by atoms with Crippen LogP contribution in [0.5, 0.6) is 0 Å². The van der Waals surface area contributed by atoms with Crippen LogP contribution in [-0.2, 0) is 16.9 Å². The van der Waals surface area contributed by atoms with E-state index in [-0.39, 0.29) is 0 Å². The average molecular weight is 258 g/mol. The smallest absolute Gasteiger partial charge is 0.244 e. The molecule has 0 radical (unpaired) electrons. The molecule has 2 rings (SSSR count). The van der Waals surface area contributed by atoms with Gasteiger partial charge in [-0.3, -0.25) is 9.48 Å². The standard InChI is InChI=1S/C14H18N4O/c1-11-8-9-17-18(11)10-14(16-2,13(15)19)12-6-4-3-5-7-12/h3-9,16H,10H2,1-2H3,(H2,15,19). The zero-order chi connectivity index (χ0) is 13.9. The third-order valence-corrected chi connectivity index (χ3v) is 3.43. The highest BCUT2D eigenvalue weighted by Gasteiger charge is 2.37. The number of rotatable bonds is 5. The summed E-state index contributed by atoms with van der Waals surface area (Å²) < 4.78 is 1.77. The fraction of sp³-hybridized carbons (Fsp3) is 0.286. The van der Waals surface area contributed by atoms with Crippen LogP contribution in [0.25, 0.3) is 0 Å². The van der Waals surface area contributed by atoms with Crippen molar-refractivity contribution < 1.29 is 4.79 Å². The number of aryl methyl sites for hydroxylation is 1. The highest BCUT2D eigenvalue weighted by molar-refractivity contribution is 5.86. The summed E-state index contributed by atoms with van der Waals surface area (Å²) >= 11 is 0. The van der Waals surface area contributed by atoms with Crippen LogP contribution >= 0.6 is 0 Å². The van der Waals surface area contributed by atoms with E-state index in [1.807, 2.05) is 43.3 Å². The summed E-state index contributed by atoms with van der Waals surface area (Å²) in [5.41, 5.74) is 6.49. The van der Waals surface area contributed by atoms with Crippen molar-refractivity contribution in [2.75, 3.05) is 7.05 Å². The lowest BCUT2D eigenvalue weighted by Crippen LogP contribution is -2.54. The first kappa shape index (κ1) is 13.3. The lowest BCUT2D eigenvalue weighted by molar-refractivity contribution is -0.125. The number of hydrogen-bond donors (Lipinski definition) is 2. The van der Waals surface area contributed by atoms with Gasteiger partial charge in [0.2, 0.25) is 5.91 Å². The van der Waals surface area contributed by atoms with Crippen LogP contribution in [0.4, 0.5) is 0 Å². The molecule has 19 heavy (non-hydrogen) atoms. The van der Waals surface area contributed by atoms with Gasteiger partial charge in [0.15, 0.2) is 0 Å². The first-order chi connectivity index (χ1) is 9.10. The lowest BCUT2D eigenvalue weighted by Gasteiger charge is -2.31. The second kappa shape index (κ2) is 5.24. The van der Waals surface area contributed by atoms with E-state index in [9.17, 15) is 4.79 Å². The van der Waals surface area contributed by atoms with Crippen LogP contribution in [0, 0.1) is 6.92 Å². The molecule has 1 unspecified atom stereocenters. The molecule has 1 atom stereocenters. The summed E-state index contributed by atoms with van der Waals surface area (Å²) in [6.45, 7) is 2.31. The van der Waals surface area contributed by atoms with Gasteiger partial charge in [-0.05, 0) is 25.6 Å². The second-order valence-corrected chi connectivity index (χ2v) is 4.52. The van der Waals surface area contributed by atoms with E-state index in [0.29, 0.717) is 6.54 Å². The molecule has 0 aliphatic rings. The van der Waals surface area contributed by atoms with Gasteiger partial charge in [-0.25, -0.2) is 0 Å². The number of aromatic nitrogens is 2. The highest BCUT2D eigenvalue weighted by atomic mass is 16.1. The van der Waals surface area contributed by atoms with Crippen molar-refractivity contribution in [3.05, 3.63) is 53.9 Å². The number of primary amides is 1. The predicted molar refractivity (Wildman–Crippen MR) is 73.3 cm³/mol. The fourth-order valence-corrected chi connectivity index (χ4v) is 2.17. The molecule has 2 aromatic rings. The number of hydrogen-bond acceptors (Lipinski definition) is 3. The van der Waals surface area contributed by atoms with Crippen LogP contribution in [0.2, 0.25) is 0 Å². The van der Waals surface area contributed by atoms with Gasteiger partial charge >= 0.3 is 0 Å². The summed E-state index contributed by atoms with van der Waals surface area (Å²) in [5.74, 6) is -0.420. The van der Waals surface area contributed by atoms with E-state index >= 15 is 0 Å². The number of amides is 1. The minimum absolute atomic E-state index is 0.363. The Morgan fingerprint density at radius 1 is 1.37 bits per heavy atom. The Morgan fingerprint density at radius 2 is 2.05 bits per heavy atom. The van der Waals surface area contributed by atoms with Crippen molar-refractivity contribution in [3.63, 3.8) is 0 Å². The van der Waals surface area contributed by atoms with E-state index in [2.05, 4.69) is 10.4 Å². The maximum Gasteiger partial charge on any atom is 0.244 e. The van der Waals surface area contributed by atoms with Gasteiger partial charge in [-0.15, -0.1) is 0 Å². The molecule has 3 N–H and O–H groups in total. The zero-order valence-electron chi connectivity index (χ0n) is 11.1. The minimum Gasteiger partial charge on any atom is -0.368 e. The van der Waals surface area contributed by atoms with Crippen LogP contribution < -0.4 is 11.1 Å². The maximum absolute atomic E-state index is 12.0. The fourth-order valence-electron chi connectivity index (χ4n) is 2.17. The molecule has 0 aliphatic heterocycles. The summed E-state index contributed by atoms with van der Waals surface area (Å²) in [7, 11) is 1.73. The second-order valence-electron chi connectivity index (χ2n) is 4.52. The van der Waals surface area contributed by atoms with Gasteiger partial charge in [0.1, 0.15) is 5.54 Å². The van der Waals surface area contributed by atoms with Crippen molar-refractivity contribution in [2.45, 2.75) is 19.0 Å². The normalized spacial score (nSPS) is 14.0. The average Bonchev–Trinajstić information content (AvgIpc) is 2.82. The van der Waals surface area contributed by atoms with Gasteiger partial charge < -0.3 is 11.1 Å². The molecule has 1 aromatic carbocycles. The quantitative estimate of drug-likeness (QED) is 0.833. The monoisotopic (exact) mass is 258 g/mol. The van der Waals surface area contributed by atoms with Crippen molar-refractivity contribution in [1.29, 1.82) is 0 Å². The predicted octanol–water partition coefficient (Wildman–Crippen LogP) is 0.792. The number of carbonyl (C=O) groups excluding carboxylic acids is 1. The minimum atomic E-state index is -0.960. The number of benzene rings is 1.